The van der Waals surface area contributed by atoms with Crippen LogP contribution in [-0.2, 0) is 24.0 Å². The lowest BCUT2D eigenvalue weighted by Crippen LogP contribution is -2.54. The molecule has 154 valence electrons. The summed E-state index contributed by atoms with van der Waals surface area (Å²) in [6.45, 7) is 0.360. The van der Waals surface area contributed by atoms with Gasteiger partial charge in [-0.25, -0.2) is 4.79 Å². The molecule has 9 N–H and O–H groups in total. The average molecular weight is 390 g/mol. The first kappa shape index (κ1) is 24.3. The molecule has 2 amide bonds. The minimum atomic E-state index is -1.44. The van der Waals surface area contributed by atoms with E-state index in [1.165, 1.54) is 0 Å². The van der Waals surface area contributed by atoms with Crippen LogP contribution in [-0.4, -0.2) is 69.7 Å². The highest BCUT2D eigenvalue weighted by Crippen LogP contribution is 2.05. The van der Waals surface area contributed by atoms with Gasteiger partial charge in [0.05, 0.1) is 12.5 Å². The van der Waals surface area contributed by atoms with E-state index in [1.54, 1.807) is 0 Å². The molecule has 0 bridgehead atoms. The van der Waals surface area contributed by atoms with E-state index >= 15 is 0 Å². The predicted molar refractivity (Wildman–Crippen MR) is 91.5 cm³/mol. The van der Waals surface area contributed by atoms with Gasteiger partial charge in [-0.15, -0.1) is 0 Å². The van der Waals surface area contributed by atoms with Crippen molar-refractivity contribution in [1.82, 2.24) is 10.6 Å². The standard InChI is InChI=1S/C15H26N4O8/c16-6-2-1-3-10(15(26)27)19-14(25)9(4-5-11(20)21)18-13(24)8(17)7-12(22)23/h8-10H,1-7,16-17H2,(H,18,24)(H,19,25)(H,20,21)(H,22,23)(H,26,27)/t8-,9-,10-/m0/s1. The summed E-state index contributed by atoms with van der Waals surface area (Å²) in [5.74, 6) is -5.69. The number of nitrogens with one attached hydrogen (secondary N) is 2. The fourth-order valence-electron chi connectivity index (χ4n) is 2.12. The molecular formula is C15H26N4O8. The van der Waals surface area contributed by atoms with Gasteiger partial charge in [-0.3, -0.25) is 19.2 Å². The number of hydrogen-bond donors (Lipinski definition) is 7. The second-order valence-electron chi connectivity index (χ2n) is 5.88. The Morgan fingerprint density at radius 2 is 1.41 bits per heavy atom. The van der Waals surface area contributed by atoms with Crippen LogP contribution in [0.3, 0.4) is 0 Å². The number of hydrogen-bond acceptors (Lipinski definition) is 7. The lowest BCUT2D eigenvalue weighted by molar-refractivity contribution is -0.143. The molecule has 0 spiro atoms. The van der Waals surface area contributed by atoms with Crippen molar-refractivity contribution in [3.63, 3.8) is 0 Å². The van der Waals surface area contributed by atoms with E-state index in [9.17, 15) is 29.1 Å². The zero-order valence-corrected chi connectivity index (χ0v) is 14.7. The number of carboxylic acid groups (broad SMARTS) is 3. The van der Waals surface area contributed by atoms with Gasteiger partial charge in [0.15, 0.2) is 0 Å². The van der Waals surface area contributed by atoms with Crippen molar-refractivity contribution in [3.05, 3.63) is 0 Å². The van der Waals surface area contributed by atoms with Crippen LogP contribution in [0.25, 0.3) is 0 Å². The number of rotatable bonds is 14. The molecule has 12 heteroatoms. The molecule has 12 nitrogen and oxygen atoms in total. The number of amides is 2. The van der Waals surface area contributed by atoms with Crippen molar-refractivity contribution in [2.24, 2.45) is 11.5 Å². The molecule has 0 aliphatic rings. The topological polar surface area (TPSA) is 222 Å². The number of carboxylic acids is 3. The number of carbonyl (C=O) groups excluding carboxylic acids is 2. The Hall–Kier alpha value is -2.73. The fourth-order valence-corrected chi connectivity index (χ4v) is 2.12. The van der Waals surface area contributed by atoms with E-state index in [0.717, 1.165) is 0 Å². The first-order chi connectivity index (χ1) is 12.6. The Labute approximate surface area is 155 Å². The molecule has 0 aliphatic carbocycles. The van der Waals surface area contributed by atoms with Gasteiger partial charge in [0.2, 0.25) is 11.8 Å². The Balaban J connectivity index is 5.04. The van der Waals surface area contributed by atoms with Crippen LogP contribution in [0, 0.1) is 0 Å². The first-order valence-corrected chi connectivity index (χ1v) is 8.31. The van der Waals surface area contributed by atoms with Crippen molar-refractivity contribution in [2.75, 3.05) is 6.54 Å². The van der Waals surface area contributed by atoms with Gasteiger partial charge in [0.25, 0.3) is 0 Å². The number of unbranched alkanes of at least 4 members (excludes halogenated alkanes) is 1. The first-order valence-electron chi connectivity index (χ1n) is 8.31. The Morgan fingerprint density at radius 1 is 0.815 bits per heavy atom. The van der Waals surface area contributed by atoms with E-state index < -0.39 is 60.7 Å². The molecule has 0 aliphatic heterocycles. The Kier molecular flexibility index (Phi) is 11.3. The van der Waals surface area contributed by atoms with Gasteiger partial charge < -0.3 is 37.4 Å². The molecule has 0 fully saturated rings. The van der Waals surface area contributed by atoms with Crippen molar-refractivity contribution < 1.29 is 39.3 Å². The van der Waals surface area contributed by atoms with Gasteiger partial charge in [-0.1, -0.05) is 0 Å². The van der Waals surface area contributed by atoms with Crippen LogP contribution in [0.1, 0.15) is 38.5 Å². The number of aliphatic carboxylic acids is 3. The summed E-state index contributed by atoms with van der Waals surface area (Å²) in [4.78, 5) is 56.8. The van der Waals surface area contributed by atoms with Crippen LogP contribution in [0.5, 0.6) is 0 Å². The average Bonchev–Trinajstić information content (AvgIpc) is 2.56. The van der Waals surface area contributed by atoms with Crippen molar-refractivity contribution >= 4 is 29.7 Å². The summed E-state index contributed by atoms with van der Waals surface area (Å²) >= 11 is 0. The fraction of sp³-hybridized carbons (Fsp3) is 0.667. The summed E-state index contributed by atoms with van der Waals surface area (Å²) in [7, 11) is 0. The van der Waals surface area contributed by atoms with Crippen molar-refractivity contribution in [3.8, 4) is 0 Å². The maximum atomic E-state index is 12.3. The summed E-state index contributed by atoms with van der Waals surface area (Å²) in [5, 5.41) is 31.0. The van der Waals surface area contributed by atoms with Gasteiger partial charge in [0.1, 0.15) is 12.1 Å². The van der Waals surface area contributed by atoms with E-state index in [4.69, 9.17) is 21.7 Å². The van der Waals surface area contributed by atoms with E-state index in [0.29, 0.717) is 19.4 Å². The number of nitrogens with two attached hydrogens (primary N) is 2. The molecule has 0 unspecified atom stereocenters. The smallest absolute Gasteiger partial charge is 0.326 e. The minimum Gasteiger partial charge on any atom is -0.481 e. The van der Waals surface area contributed by atoms with Gasteiger partial charge in [0, 0.05) is 6.42 Å². The van der Waals surface area contributed by atoms with Crippen LogP contribution >= 0.6 is 0 Å². The maximum absolute atomic E-state index is 12.3. The summed E-state index contributed by atoms with van der Waals surface area (Å²) in [6.07, 6.45) is -0.363. The summed E-state index contributed by atoms with van der Waals surface area (Å²) in [5.41, 5.74) is 10.7. The molecule has 0 aromatic rings. The van der Waals surface area contributed by atoms with Gasteiger partial charge in [-0.05, 0) is 32.2 Å². The quantitative estimate of drug-likeness (QED) is 0.159. The van der Waals surface area contributed by atoms with Gasteiger partial charge >= 0.3 is 17.9 Å². The zero-order valence-electron chi connectivity index (χ0n) is 14.7. The summed E-state index contributed by atoms with van der Waals surface area (Å²) < 4.78 is 0. The maximum Gasteiger partial charge on any atom is 0.326 e. The second kappa shape index (κ2) is 12.6. The van der Waals surface area contributed by atoms with E-state index in [2.05, 4.69) is 10.6 Å². The van der Waals surface area contributed by atoms with Gasteiger partial charge in [-0.2, -0.15) is 0 Å². The minimum absolute atomic E-state index is 0.108. The Morgan fingerprint density at radius 3 is 1.89 bits per heavy atom. The molecule has 0 radical (unpaired) electrons. The molecule has 0 rings (SSSR count). The Bertz CT molecular complexity index is 554. The molecule has 0 saturated heterocycles. The summed E-state index contributed by atoms with van der Waals surface area (Å²) in [6, 6.07) is -4.05. The lowest BCUT2D eigenvalue weighted by atomic mass is 10.1. The van der Waals surface area contributed by atoms with E-state index in [1.807, 2.05) is 0 Å². The number of carbonyl (C=O) groups is 5. The monoisotopic (exact) mass is 390 g/mol. The highest BCUT2D eigenvalue weighted by atomic mass is 16.4. The molecule has 0 saturated carbocycles. The molecule has 3 atom stereocenters. The third kappa shape index (κ3) is 10.8. The van der Waals surface area contributed by atoms with Crippen molar-refractivity contribution in [2.45, 2.75) is 56.7 Å². The molecule has 27 heavy (non-hydrogen) atoms. The second-order valence-corrected chi connectivity index (χ2v) is 5.88. The molecule has 0 heterocycles. The molecule has 0 aromatic carbocycles. The largest absolute Gasteiger partial charge is 0.481 e. The van der Waals surface area contributed by atoms with Crippen LogP contribution in [0.2, 0.25) is 0 Å². The third-order valence-electron chi connectivity index (χ3n) is 3.57. The highest BCUT2D eigenvalue weighted by Gasteiger charge is 2.28. The van der Waals surface area contributed by atoms with Crippen LogP contribution < -0.4 is 22.1 Å². The molecule has 0 aromatic heterocycles. The predicted octanol–water partition coefficient (Wildman–Crippen LogP) is -2.16. The van der Waals surface area contributed by atoms with E-state index in [-0.39, 0.29) is 12.8 Å². The molecular weight excluding hydrogens is 364 g/mol. The SMILES string of the molecule is NCCCC[C@H](NC(=O)[C@H](CCC(=O)O)NC(=O)[C@@H](N)CC(=O)O)C(=O)O. The zero-order chi connectivity index (χ0) is 21.0. The highest BCUT2D eigenvalue weighted by molar-refractivity contribution is 5.93. The third-order valence-corrected chi connectivity index (χ3v) is 3.57. The van der Waals surface area contributed by atoms with Crippen LogP contribution in [0.15, 0.2) is 0 Å². The van der Waals surface area contributed by atoms with Crippen molar-refractivity contribution in [1.29, 1.82) is 0 Å². The normalized spacial score (nSPS) is 13.9. The van der Waals surface area contributed by atoms with Crippen LogP contribution in [0.4, 0.5) is 0 Å². The lowest BCUT2D eigenvalue weighted by Gasteiger charge is -2.22.